The first kappa shape index (κ1) is 45.6. The average Bonchev–Trinajstić information content (AvgIpc) is 3.68. The first-order chi connectivity index (χ1) is 34.0. The summed E-state index contributed by atoms with van der Waals surface area (Å²) in [4.78, 5) is 10.5. The van der Waals surface area contributed by atoms with Gasteiger partial charge in [-0.3, -0.25) is 9.55 Å². The Bertz CT molecular complexity index is 3400. The van der Waals surface area contributed by atoms with E-state index < -0.39 is 24.1 Å². The minimum atomic E-state index is -2.63. The van der Waals surface area contributed by atoms with Gasteiger partial charge in [-0.15, -0.1) is 29.3 Å². The zero-order valence-electron chi connectivity index (χ0n) is 49.2. The van der Waals surface area contributed by atoms with Gasteiger partial charge in [0.2, 0.25) is 0 Å². The number of aromatic hydroxyl groups is 1. The monoisotopic (exact) mass is 1110 g/mol. The Kier molecular flexibility index (Phi) is 12.5. The molecule has 6 aromatic carbocycles. The zero-order chi connectivity index (χ0) is 54.5. The van der Waals surface area contributed by atoms with Gasteiger partial charge in [-0.2, -0.15) is 0 Å². The van der Waals surface area contributed by atoms with Crippen molar-refractivity contribution in [1.82, 2.24) is 14.5 Å². The van der Waals surface area contributed by atoms with Crippen molar-refractivity contribution in [2.75, 3.05) is 0 Å². The number of phenolic OH excluding ortho intramolecular Hbond substituents is 1. The number of hydrogen-bond donors (Lipinski definition) is 1. The second-order valence-electron chi connectivity index (χ2n) is 23.5. The number of benzene rings is 6. The van der Waals surface area contributed by atoms with E-state index in [-0.39, 0.29) is 48.6 Å². The van der Waals surface area contributed by atoms with Gasteiger partial charge in [0.15, 0.2) is 0 Å². The number of pyridine rings is 1. The summed E-state index contributed by atoms with van der Waals surface area (Å²) in [5.41, 5.74) is 13.3. The van der Waals surface area contributed by atoms with Gasteiger partial charge in [-0.1, -0.05) is 195 Å². The van der Waals surface area contributed by atoms with Crippen molar-refractivity contribution in [2.45, 2.75) is 151 Å². The molecule has 0 saturated carbocycles. The molecule has 0 amide bonds. The Morgan fingerprint density at radius 1 is 0.586 bits per heavy atom. The first-order valence-corrected chi connectivity index (χ1v) is 24.4. The van der Waals surface area contributed by atoms with Crippen LogP contribution in [0.1, 0.15) is 168 Å². The maximum atomic E-state index is 12.6. The fraction of sp³-hybridized carbons (Fsp3) is 0.354. The summed E-state index contributed by atoms with van der Waals surface area (Å²) in [6.45, 7) is 30.5. The van der Waals surface area contributed by atoms with Crippen LogP contribution in [-0.2, 0) is 42.7 Å². The SMILES string of the molecule is [2H]C([2H])([2H])c1cc(-c2c(C([2H])(C)C)cccc2C([2H])(C)C)ccc1-n1c(-c2cc(C(C)(C)C)cc(C(C)(C)C)c2O)nc2c(-c3[c-]c(-c4cc(-c5ccc(C(C)(C)C)cc5)ccn4)cc(C(C)(C)C)c3)cccc21.[Pt]. The van der Waals surface area contributed by atoms with Crippen LogP contribution < -0.4 is 0 Å². The van der Waals surface area contributed by atoms with Crippen LogP contribution in [0.5, 0.6) is 5.75 Å². The summed E-state index contributed by atoms with van der Waals surface area (Å²) in [6, 6.07) is 42.2. The molecule has 0 spiro atoms. The van der Waals surface area contributed by atoms with Crippen LogP contribution >= 0.6 is 0 Å². The molecule has 0 unspecified atom stereocenters. The summed E-state index contributed by atoms with van der Waals surface area (Å²) in [5, 5.41) is 12.6. The number of hydrogen-bond acceptors (Lipinski definition) is 3. The fourth-order valence-corrected chi connectivity index (χ4v) is 9.34. The van der Waals surface area contributed by atoms with Gasteiger partial charge in [0.05, 0.1) is 22.3 Å². The topological polar surface area (TPSA) is 50.9 Å². The smallest absolute Gasteiger partial charge is 0.148 e. The number of imidazole rings is 1. The van der Waals surface area contributed by atoms with Crippen molar-refractivity contribution in [2.24, 2.45) is 0 Å². The summed E-state index contributed by atoms with van der Waals surface area (Å²) in [6.07, 6.45) is 1.85. The molecule has 0 aliphatic carbocycles. The van der Waals surface area contributed by atoms with Crippen LogP contribution in [0.2, 0.25) is 0 Å². The average molecular weight is 1110 g/mol. The maximum Gasteiger partial charge on any atom is 0.148 e. The molecule has 0 saturated heterocycles. The number of aryl methyl sites for hydroxylation is 1. The van der Waals surface area contributed by atoms with Crippen LogP contribution in [0.15, 0.2) is 121 Å². The number of para-hydroxylation sites is 1. The van der Waals surface area contributed by atoms with Crippen molar-refractivity contribution in [1.29, 1.82) is 0 Å². The van der Waals surface area contributed by atoms with Gasteiger partial charge in [0.25, 0.3) is 0 Å². The van der Waals surface area contributed by atoms with Crippen molar-refractivity contribution < 1.29 is 33.0 Å². The molecule has 0 aliphatic rings. The number of rotatable bonds is 8. The van der Waals surface area contributed by atoms with Gasteiger partial charge in [0.1, 0.15) is 11.6 Å². The van der Waals surface area contributed by atoms with E-state index in [0.717, 1.165) is 50.2 Å². The van der Waals surface area contributed by atoms with E-state index in [4.69, 9.17) is 9.97 Å². The van der Waals surface area contributed by atoms with E-state index >= 15 is 0 Å². The second kappa shape index (κ2) is 19.2. The standard InChI is InChI=1S/C65H74N3O.Pt/c1-39(2)50-20-18-21-51(40(3)4)58(50)44-26-29-56(41(5)32-44)68-57-23-19-22-52(59(57)67-61(68)53-37-49(64(12,13)14)38-54(60(53)69)65(15,16)17)45-33-46(35-48(34-45)63(9,10)11)55-36-43(30-31-66-55)42-24-27-47(28-25-42)62(6,7)8;/h18-32,34-40,69H,1-17H3;/q-1;/i5D3,39D,40D;. The largest absolute Gasteiger partial charge is 0.507 e. The molecule has 0 fully saturated rings. The Balaban J connectivity index is 0.00000820. The maximum absolute atomic E-state index is 12.6. The van der Waals surface area contributed by atoms with Crippen LogP contribution in [0, 0.1) is 12.9 Å². The number of phenols is 1. The van der Waals surface area contributed by atoms with E-state index in [1.54, 1.807) is 6.07 Å². The van der Waals surface area contributed by atoms with Crippen molar-refractivity contribution >= 4 is 11.0 Å². The van der Waals surface area contributed by atoms with Crippen LogP contribution in [-0.4, -0.2) is 19.6 Å². The minimum absolute atomic E-state index is 0. The zero-order valence-corrected chi connectivity index (χ0v) is 46.4. The van der Waals surface area contributed by atoms with Gasteiger partial charge in [-0.05, 0) is 121 Å². The molecular formula is C65H74N3OPt-. The van der Waals surface area contributed by atoms with Crippen LogP contribution in [0.25, 0.3) is 72.7 Å². The molecule has 1 N–H and O–H groups in total. The molecule has 70 heavy (non-hydrogen) atoms. The Hall–Kier alpha value is -5.57. The Labute approximate surface area is 441 Å². The number of aromatic nitrogens is 3. The fourth-order valence-electron chi connectivity index (χ4n) is 9.34. The first-order valence-electron chi connectivity index (χ1n) is 26.9. The van der Waals surface area contributed by atoms with Crippen molar-refractivity contribution in [3.63, 3.8) is 0 Å². The predicted molar refractivity (Wildman–Crippen MR) is 294 cm³/mol. The van der Waals surface area contributed by atoms with E-state index in [0.29, 0.717) is 50.4 Å². The van der Waals surface area contributed by atoms with Gasteiger partial charge in [0, 0.05) is 45.4 Å². The summed E-state index contributed by atoms with van der Waals surface area (Å²) < 4.78 is 48.0. The molecule has 8 aromatic rings. The molecule has 0 atom stereocenters. The minimum Gasteiger partial charge on any atom is -0.507 e. The molecule has 366 valence electrons. The molecular weight excluding hydrogens is 1030 g/mol. The quantitative estimate of drug-likeness (QED) is 0.154. The molecule has 8 rings (SSSR count). The molecule has 0 aliphatic heterocycles. The van der Waals surface area contributed by atoms with Gasteiger partial charge >= 0.3 is 0 Å². The Morgan fingerprint density at radius 3 is 1.76 bits per heavy atom. The van der Waals surface area contributed by atoms with Crippen LogP contribution in [0.3, 0.4) is 0 Å². The van der Waals surface area contributed by atoms with E-state index in [2.05, 4.69) is 138 Å². The summed E-state index contributed by atoms with van der Waals surface area (Å²) in [5.74, 6) is -1.65. The van der Waals surface area contributed by atoms with Crippen molar-refractivity contribution in [3.05, 3.63) is 166 Å². The van der Waals surface area contributed by atoms with Crippen LogP contribution in [0.4, 0.5) is 0 Å². The third-order valence-electron chi connectivity index (χ3n) is 13.5. The summed E-state index contributed by atoms with van der Waals surface area (Å²) in [7, 11) is 0. The summed E-state index contributed by atoms with van der Waals surface area (Å²) >= 11 is 0. The predicted octanol–water partition coefficient (Wildman–Crippen LogP) is 18.0. The molecule has 2 heterocycles. The molecule has 0 radical (unpaired) electrons. The third-order valence-corrected chi connectivity index (χ3v) is 13.5. The molecule has 4 nitrogen and oxygen atoms in total. The number of nitrogens with zero attached hydrogens (tertiary/aromatic N) is 3. The van der Waals surface area contributed by atoms with Gasteiger partial charge < -0.3 is 5.11 Å². The number of fused-ring (bicyclic) bond motifs is 1. The van der Waals surface area contributed by atoms with Gasteiger partial charge in [-0.25, -0.2) is 4.98 Å². The Morgan fingerprint density at radius 2 is 1.17 bits per heavy atom. The normalized spacial score (nSPS) is 14.1. The van der Waals surface area contributed by atoms with E-state index in [1.807, 2.05) is 99.1 Å². The third kappa shape index (κ3) is 10.3. The van der Waals surface area contributed by atoms with E-state index in [9.17, 15) is 12.0 Å². The molecule has 0 bridgehead atoms. The van der Waals surface area contributed by atoms with Crippen molar-refractivity contribution in [3.8, 4) is 67.5 Å². The molecule has 5 heteroatoms. The molecule has 2 aromatic heterocycles. The van der Waals surface area contributed by atoms with E-state index in [1.165, 1.54) is 5.56 Å². The second-order valence-corrected chi connectivity index (χ2v) is 23.5.